The van der Waals surface area contributed by atoms with Gasteiger partial charge in [-0.05, 0) is 83.6 Å². The summed E-state index contributed by atoms with van der Waals surface area (Å²) in [7, 11) is 0. The number of rotatable bonds is 8. The van der Waals surface area contributed by atoms with Crippen LogP contribution in [0.25, 0.3) is 10.8 Å². The number of carbonyl (C=O) groups is 2. The van der Waals surface area contributed by atoms with E-state index in [0.717, 1.165) is 10.8 Å². The number of fused-ring (bicyclic) bond motifs is 1. The van der Waals surface area contributed by atoms with Crippen molar-refractivity contribution in [2.45, 2.75) is 0 Å². The van der Waals surface area contributed by atoms with Gasteiger partial charge < -0.3 is 18.9 Å². The molecule has 176 valence electrons. The lowest BCUT2D eigenvalue weighted by Crippen LogP contribution is -2.09. The first kappa shape index (κ1) is 23.9. The van der Waals surface area contributed by atoms with Gasteiger partial charge >= 0.3 is 11.9 Å². The number of hydrogen-bond acceptors (Lipinski definition) is 6. The Labute approximate surface area is 208 Å². The predicted molar refractivity (Wildman–Crippen MR) is 135 cm³/mol. The van der Waals surface area contributed by atoms with E-state index in [2.05, 4.69) is 11.8 Å². The highest BCUT2D eigenvalue weighted by molar-refractivity contribution is 5.93. The lowest BCUT2D eigenvalue weighted by molar-refractivity contribution is 0.0725. The van der Waals surface area contributed by atoms with Crippen LogP contribution < -0.4 is 18.9 Å². The summed E-state index contributed by atoms with van der Waals surface area (Å²) in [6.07, 6.45) is 10.3. The van der Waals surface area contributed by atoms with Crippen LogP contribution in [-0.2, 0) is 0 Å². The minimum absolute atomic E-state index is 0.151. The van der Waals surface area contributed by atoms with Crippen LogP contribution in [0.15, 0.2) is 84.9 Å². The molecule has 0 atom stereocenters. The highest BCUT2D eigenvalue weighted by Crippen LogP contribution is 2.26. The van der Waals surface area contributed by atoms with Crippen molar-refractivity contribution in [1.82, 2.24) is 0 Å². The number of carbonyl (C=O) groups excluding carboxylic acids is 2. The van der Waals surface area contributed by atoms with E-state index >= 15 is 0 Å². The molecular formula is C30H20O6. The fourth-order valence-corrected chi connectivity index (χ4v) is 3.29. The third-order valence-electron chi connectivity index (χ3n) is 5.03. The van der Waals surface area contributed by atoms with Gasteiger partial charge in [0.2, 0.25) is 0 Å². The van der Waals surface area contributed by atoms with E-state index in [1.54, 1.807) is 84.9 Å². The minimum Gasteiger partial charge on any atom is -0.481 e. The quantitative estimate of drug-likeness (QED) is 0.195. The molecule has 0 heterocycles. The number of esters is 2. The monoisotopic (exact) mass is 476 g/mol. The number of hydrogen-bond donors (Lipinski definition) is 0. The molecule has 4 aromatic rings. The first-order valence-corrected chi connectivity index (χ1v) is 10.9. The molecule has 4 aromatic carbocycles. The Bertz CT molecular complexity index is 1360. The lowest BCUT2D eigenvalue weighted by atomic mass is 10.1. The number of terminal acetylenes is 2. The molecule has 0 aliphatic carbocycles. The van der Waals surface area contributed by atoms with Gasteiger partial charge in [-0.15, -0.1) is 12.8 Å². The second-order valence-electron chi connectivity index (χ2n) is 7.48. The van der Waals surface area contributed by atoms with Gasteiger partial charge in [-0.2, -0.15) is 0 Å². The summed E-state index contributed by atoms with van der Waals surface area (Å²) in [5.41, 5.74) is 0.752. The molecule has 6 heteroatoms. The van der Waals surface area contributed by atoms with Gasteiger partial charge in [0.1, 0.15) is 36.2 Å². The van der Waals surface area contributed by atoms with Gasteiger partial charge in [-0.1, -0.05) is 24.0 Å². The lowest BCUT2D eigenvalue weighted by Gasteiger charge is -2.09. The molecule has 0 saturated carbocycles. The fourth-order valence-electron chi connectivity index (χ4n) is 3.29. The average molecular weight is 476 g/mol. The maximum atomic E-state index is 12.5. The second kappa shape index (κ2) is 11.3. The molecule has 0 unspecified atom stereocenters. The number of ether oxygens (including phenoxy) is 4. The summed E-state index contributed by atoms with van der Waals surface area (Å²) >= 11 is 0. The summed E-state index contributed by atoms with van der Waals surface area (Å²) in [5.74, 6) is 5.67. The van der Waals surface area contributed by atoms with Crippen LogP contribution in [0.1, 0.15) is 20.7 Å². The largest absolute Gasteiger partial charge is 0.481 e. The summed E-state index contributed by atoms with van der Waals surface area (Å²) in [6.45, 7) is 0.302. The van der Waals surface area contributed by atoms with Gasteiger partial charge in [0.15, 0.2) is 0 Å². The van der Waals surface area contributed by atoms with Crippen LogP contribution in [-0.4, -0.2) is 25.2 Å². The van der Waals surface area contributed by atoms with Crippen molar-refractivity contribution in [1.29, 1.82) is 0 Å². The molecule has 0 N–H and O–H groups in total. The van der Waals surface area contributed by atoms with E-state index < -0.39 is 11.9 Å². The topological polar surface area (TPSA) is 71.1 Å². The summed E-state index contributed by atoms with van der Waals surface area (Å²) in [4.78, 5) is 25.0. The van der Waals surface area contributed by atoms with Crippen molar-refractivity contribution >= 4 is 22.7 Å². The summed E-state index contributed by atoms with van der Waals surface area (Å²) in [6, 6.07) is 23.4. The van der Waals surface area contributed by atoms with Gasteiger partial charge in [-0.25, -0.2) is 9.59 Å². The van der Waals surface area contributed by atoms with Crippen molar-refractivity contribution in [3.63, 3.8) is 0 Å². The van der Waals surface area contributed by atoms with Gasteiger partial charge in [0.05, 0.1) is 11.1 Å². The van der Waals surface area contributed by atoms with Crippen LogP contribution in [0, 0.1) is 24.7 Å². The van der Waals surface area contributed by atoms with Crippen LogP contribution in [0.5, 0.6) is 23.0 Å². The zero-order valence-corrected chi connectivity index (χ0v) is 19.1. The van der Waals surface area contributed by atoms with E-state index in [1.165, 1.54) is 0 Å². The molecule has 0 aliphatic rings. The highest BCUT2D eigenvalue weighted by Gasteiger charge is 2.12. The maximum absolute atomic E-state index is 12.5. The molecule has 0 amide bonds. The molecule has 0 bridgehead atoms. The molecule has 0 aromatic heterocycles. The molecule has 0 aliphatic heterocycles. The Balaban J connectivity index is 1.40. The van der Waals surface area contributed by atoms with Crippen LogP contribution in [0.4, 0.5) is 0 Å². The Morgan fingerprint density at radius 1 is 0.556 bits per heavy atom. The molecule has 6 nitrogen and oxygen atoms in total. The molecule has 0 spiro atoms. The standard InChI is InChI=1S/C30H20O6/c1-3-17-33-25-11-5-21(6-12-25)29(31)35-27-15-9-24-20-28(16-10-23(24)19-27)36-30(32)22-7-13-26(14-8-22)34-18-4-2/h1-2,5-16,19-20H,17-18H2. The normalized spacial score (nSPS) is 10.1. The van der Waals surface area contributed by atoms with E-state index in [0.29, 0.717) is 34.1 Å². The minimum atomic E-state index is -0.501. The van der Waals surface area contributed by atoms with Gasteiger partial charge in [0, 0.05) is 0 Å². The van der Waals surface area contributed by atoms with Crippen molar-refractivity contribution in [2.24, 2.45) is 0 Å². The molecule has 0 fully saturated rings. The van der Waals surface area contributed by atoms with E-state index in [4.69, 9.17) is 31.8 Å². The Hall–Kier alpha value is -5.20. The maximum Gasteiger partial charge on any atom is 0.343 e. The van der Waals surface area contributed by atoms with Crippen LogP contribution in [0.3, 0.4) is 0 Å². The second-order valence-corrected chi connectivity index (χ2v) is 7.48. The van der Waals surface area contributed by atoms with Gasteiger partial charge in [0.25, 0.3) is 0 Å². The van der Waals surface area contributed by atoms with Crippen LogP contribution in [0.2, 0.25) is 0 Å². The zero-order chi connectivity index (χ0) is 25.3. The Morgan fingerprint density at radius 2 is 0.917 bits per heavy atom. The highest BCUT2D eigenvalue weighted by atomic mass is 16.5. The predicted octanol–water partition coefficient (Wildman–Crippen LogP) is 5.30. The third-order valence-corrected chi connectivity index (χ3v) is 5.03. The Kier molecular flexibility index (Phi) is 7.51. The molecule has 0 radical (unpaired) electrons. The van der Waals surface area contributed by atoms with E-state index in [-0.39, 0.29) is 13.2 Å². The Morgan fingerprint density at radius 3 is 1.28 bits per heavy atom. The molecule has 0 saturated heterocycles. The third kappa shape index (κ3) is 6.02. The fraction of sp³-hybridized carbons (Fsp3) is 0.0667. The summed E-state index contributed by atoms with van der Waals surface area (Å²) < 4.78 is 21.6. The van der Waals surface area contributed by atoms with E-state index in [9.17, 15) is 9.59 Å². The average Bonchev–Trinajstić information content (AvgIpc) is 2.91. The number of benzene rings is 4. The first-order valence-electron chi connectivity index (χ1n) is 10.9. The van der Waals surface area contributed by atoms with Crippen molar-refractivity contribution in [3.8, 4) is 47.7 Å². The van der Waals surface area contributed by atoms with Crippen molar-refractivity contribution < 1.29 is 28.5 Å². The zero-order valence-electron chi connectivity index (χ0n) is 19.1. The molecule has 36 heavy (non-hydrogen) atoms. The van der Waals surface area contributed by atoms with Crippen molar-refractivity contribution in [2.75, 3.05) is 13.2 Å². The molecule has 4 rings (SSSR count). The SMILES string of the molecule is C#CCOc1ccc(C(=O)Oc2ccc3cc(OC(=O)c4ccc(OCC#C)cc4)ccc3c2)cc1. The smallest absolute Gasteiger partial charge is 0.343 e. The van der Waals surface area contributed by atoms with E-state index in [1.807, 2.05) is 0 Å². The van der Waals surface area contributed by atoms with Crippen LogP contribution >= 0.6 is 0 Å². The first-order chi connectivity index (χ1) is 17.6. The molecular weight excluding hydrogens is 456 g/mol. The van der Waals surface area contributed by atoms with Gasteiger partial charge in [-0.3, -0.25) is 0 Å². The van der Waals surface area contributed by atoms with Crippen molar-refractivity contribution in [3.05, 3.63) is 96.1 Å². The summed E-state index contributed by atoms with van der Waals surface area (Å²) in [5, 5.41) is 1.63.